The third-order valence-corrected chi connectivity index (χ3v) is 5.63. The van der Waals surface area contributed by atoms with Gasteiger partial charge < -0.3 is 10.1 Å². The number of para-hydroxylation sites is 1. The molecule has 34 heavy (non-hydrogen) atoms. The van der Waals surface area contributed by atoms with Crippen LogP contribution in [0.25, 0.3) is 28.1 Å². The van der Waals surface area contributed by atoms with Crippen molar-refractivity contribution in [2.45, 2.75) is 19.5 Å². The molecule has 4 rings (SSSR count). The smallest absolute Gasteiger partial charge is 0.416 e. The number of H-pyrrole nitrogens is 1. The minimum absolute atomic E-state index is 0.140. The van der Waals surface area contributed by atoms with Crippen molar-refractivity contribution >= 4 is 34.1 Å². The lowest BCUT2D eigenvalue weighted by Gasteiger charge is -2.19. The van der Waals surface area contributed by atoms with Crippen molar-refractivity contribution in [3.05, 3.63) is 113 Å². The topological polar surface area (TPSA) is 53.1 Å². The number of allylic oxidation sites excluding steroid dienone is 1. The molecule has 3 nitrogen and oxygen atoms in total. The van der Waals surface area contributed by atoms with Gasteiger partial charge in [0.05, 0.1) is 5.56 Å². The molecular formula is C28H22F3NO2. The number of hydrogen-bond donors (Lipinski definition) is 2. The number of carboxylic acid groups (broad SMARTS) is 1. The van der Waals surface area contributed by atoms with E-state index in [0.29, 0.717) is 28.8 Å². The molecule has 0 aliphatic heterocycles. The van der Waals surface area contributed by atoms with Crippen LogP contribution < -0.4 is 0 Å². The van der Waals surface area contributed by atoms with Crippen LogP contribution in [-0.2, 0) is 11.0 Å². The molecule has 3 aromatic carbocycles. The van der Waals surface area contributed by atoms with Crippen LogP contribution in [0.4, 0.5) is 13.2 Å². The van der Waals surface area contributed by atoms with Crippen molar-refractivity contribution in [2.24, 2.45) is 0 Å². The van der Waals surface area contributed by atoms with Crippen molar-refractivity contribution in [3.63, 3.8) is 0 Å². The number of rotatable bonds is 6. The van der Waals surface area contributed by atoms with E-state index in [1.54, 1.807) is 30.3 Å². The van der Waals surface area contributed by atoms with Gasteiger partial charge in [0.1, 0.15) is 0 Å². The van der Waals surface area contributed by atoms with Gasteiger partial charge in [-0.25, -0.2) is 4.79 Å². The number of fused-ring (bicyclic) bond motifs is 1. The maximum Gasteiger partial charge on any atom is 0.416 e. The summed E-state index contributed by atoms with van der Waals surface area (Å²) < 4.78 is 41.7. The number of carbonyl (C=O) groups is 1. The lowest BCUT2D eigenvalue weighted by atomic mass is 9.88. The fourth-order valence-electron chi connectivity index (χ4n) is 4.12. The van der Waals surface area contributed by atoms with E-state index in [0.717, 1.165) is 28.6 Å². The standard InChI is InChI=1S/C28H22F3NO2/c1-2-21(22-8-4-5-9-23(22)28(29,30)31)27(25-17-20-7-3-6-10-24(20)32-25)19-14-11-18(12-15-19)13-16-26(33)34/h3-17,32H,2H2,1H3,(H,33,34)/b16-13+,27-21+. The first kappa shape index (κ1) is 23.1. The highest BCUT2D eigenvalue weighted by atomic mass is 19.4. The molecule has 2 N–H and O–H groups in total. The number of carboxylic acids is 1. The van der Waals surface area contributed by atoms with Crippen LogP contribution in [0.1, 0.15) is 41.3 Å². The van der Waals surface area contributed by atoms with Crippen LogP contribution in [0.5, 0.6) is 0 Å². The number of halogens is 3. The van der Waals surface area contributed by atoms with Gasteiger partial charge in [0, 0.05) is 28.2 Å². The molecule has 0 aliphatic rings. The Morgan fingerprint density at radius 1 is 0.971 bits per heavy atom. The summed E-state index contributed by atoms with van der Waals surface area (Å²) in [6.07, 6.45) is -1.61. The Morgan fingerprint density at radius 3 is 2.29 bits per heavy atom. The molecule has 6 heteroatoms. The van der Waals surface area contributed by atoms with E-state index in [4.69, 9.17) is 5.11 Å². The van der Waals surface area contributed by atoms with E-state index in [9.17, 15) is 18.0 Å². The average molecular weight is 461 g/mol. The summed E-state index contributed by atoms with van der Waals surface area (Å²) >= 11 is 0. The summed E-state index contributed by atoms with van der Waals surface area (Å²) in [5, 5.41) is 9.82. The molecule has 0 unspecified atom stereocenters. The highest BCUT2D eigenvalue weighted by molar-refractivity contribution is 6.01. The first-order valence-corrected chi connectivity index (χ1v) is 10.8. The van der Waals surface area contributed by atoms with E-state index in [2.05, 4.69) is 4.98 Å². The van der Waals surface area contributed by atoms with Gasteiger partial charge in [-0.05, 0) is 53.0 Å². The molecule has 0 radical (unpaired) electrons. The van der Waals surface area contributed by atoms with Crippen molar-refractivity contribution in [3.8, 4) is 0 Å². The normalized spacial score (nSPS) is 12.8. The van der Waals surface area contributed by atoms with Gasteiger partial charge in [-0.3, -0.25) is 0 Å². The lowest BCUT2D eigenvalue weighted by molar-refractivity contribution is -0.137. The van der Waals surface area contributed by atoms with Crippen molar-refractivity contribution < 1.29 is 23.1 Å². The Labute approximate surface area is 194 Å². The van der Waals surface area contributed by atoms with Gasteiger partial charge in [0.2, 0.25) is 0 Å². The summed E-state index contributed by atoms with van der Waals surface area (Å²) in [5.41, 5.74) is 3.70. The summed E-state index contributed by atoms with van der Waals surface area (Å²) in [6.45, 7) is 1.84. The number of aromatic nitrogens is 1. The second kappa shape index (κ2) is 9.43. The zero-order valence-corrected chi connectivity index (χ0v) is 18.4. The number of aliphatic carboxylic acids is 1. The number of nitrogens with one attached hydrogen (secondary N) is 1. The quantitative estimate of drug-likeness (QED) is 0.229. The van der Waals surface area contributed by atoms with Crippen molar-refractivity contribution in [1.29, 1.82) is 0 Å². The molecule has 0 saturated heterocycles. The predicted octanol–water partition coefficient (Wildman–Crippen LogP) is 7.65. The maximum atomic E-state index is 13.9. The van der Waals surface area contributed by atoms with Gasteiger partial charge in [0.15, 0.2) is 0 Å². The van der Waals surface area contributed by atoms with Crippen LogP contribution >= 0.6 is 0 Å². The highest BCUT2D eigenvalue weighted by Crippen LogP contribution is 2.41. The van der Waals surface area contributed by atoms with Gasteiger partial charge in [-0.15, -0.1) is 0 Å². The van der Waals surface area contributed by atoms with Crippen LogP contribution in [0.2, 0.25) is 0 Å². The molecule has 0 fully saturated rings. The van der Waals surface area contributed by atoms with E-state index in [-0.39, 0.29) is 5.56 Å². The summed E-state index contributed by atoms with van der Waals surface area (Å²) in [7, 11) is 0. The summed E-state index contributed by atoms with van der Waals surface area (Å²) in [6, 6.07) is 22.3. The van der Waals surface area contributed by atoms with Gasteiger partial charge >= 0.3 is 12.1 Å². The monoisotopic (exact) mass is 461 g/mol. The summed E-state index contributed by atoms with van der Waals surface area (Å²) in [4.78, 5) is 14.2. The number of hydrogen-bond acceptors (Lipinski definition) is 1. The molecule has 0 bridgehead atoms. The summed E-state index contributed by atoms with van der Waals surface area (Å²) in [5.74, 6) is -1.06. The fourth-order valence-corrected chi connectivity index (χ4v) is 4.12. The van der Waals surface area contributed by atoms with Crippen LogP contribution in [-0.4, -0.2) is 16.1 Å². The second-order valence-corrected chi connectivity index (χ2v) is 7.81. The fraction of sp³-hybridized carbons (Fsp3) is 0.107. The van der Waals surface area contributed by atoms with E-state index < -0.39 is 17.7 Å². The van der Waals surface area contributed by atoms with E-state index in [1.165, 1.54) is 18.2 Å². The molecule has 0 aliphatic carbocycles. The molecule has 0 amide bonds. The molecule has 0 saturated carbocycles. The van der Waals surface area contributed by atoms with Crippen molar-refractivity contribution in [2.75, 3.05) is 0 Å². The van der Waals surface area contributed by atoms with E-state index in [1.807, 2.05) is 37.3 Å². The molecular weight excluding hydrogens is 439 g/mol. The maximum absolute atomic E-state index is 13.9. The largest absolute Gasteiger partial charge is 0.478 e. The minimum Gasteiger partial charge on any atom is -0.478 e. The lowest BCUT2D eigenvalue weighted by Crippen LogP contribution is -2.09. The Balaban J connectivity index is 1.98. The van der Waals surface area contributed by atoms with E-state index >= 15 is 0 Å². The second-order valence-electron chi connectivity index (χ2n) is 7.81. The minimum atomic E-state index is -4.49. The average Bonchev–Trinajstić information content (AvgIpc) is 3.24. The van der Waals surface area contributed by atoms with Crippen LogP contribution in [0, 0.1) is 0 Å². The predicted molar refractivity (Wildman–Crippen MR) is 129 cm³/mol. The Hall–Kier alpha value is -4.06. The molecule has 4 aromatic rings. The molecule has 172 valence electrons. The van der Waals surface area contributed by atoms with Gasteiger partial charge in [-0.1, -0.05) is 67.6 Å². The van der Waals surface area contributed by atoms with Crippen LogP contribution in [0.3, 0.4) is 0 Å². The van der Waals surface area contributed by atoms with Crippen LogP contribution in [0.15, 0.2) is 84.9 Å². The van der Waals surface area contributed by atoms with Gasteiger partial charge in [0.25, 0.3) is 0 Å². The molecule has 0 spiro atoms. The zero-order chi connectivity index (χ0) is 24.3. The zero-order valence-electron chi connectivity index (χ0n) is 18.4. The highest BCUT2D eigenvalue weighted by Gasteiger charge is 2.34. The molecule has 1 heterocycles. The number of benzene rings is 3. The first-order valence-electron chi connectivity index (χ1n) is 10.8. The third kappa shape index (κ3) is 4.81. The Bertz CT molecular complexity index is 1360. The number of aromatic amines is 1. The SMILES string of the molecule is CC/C(=C(/c1ccc(/C=C/C(=O)O)cc1)c1cc2ccccc2[nH]1)c1ccccc1C(F)(F)F. The van der Waals surface area contributed by atoms with Crippen molar-refractivity contribution in [1.82, 2.24) is 4.98 Å². The third-order valence-electron chi connectivity index (χ3n) is 5.63. The molecule has 1 aromatic heterocycles. The molecule has 0 atom stereocenters. The Kier molecular flexibility index (Phi) is 6.41. The first-order chi connectivity index (χ1) is 16.3. The Morgan fingerprint density at radius 2 is 1.65 bits per heavy atom. The van der Waals surface area contributed by atoms with Gasteiger partial charge in [-0.2, -0.15) is 13.2 Å². The number of alkyl halides is 3.